The molecule has 0 aliphatic carbocycles. The van der Waals surface area contributed by atoms with Crippen molar-refractivity contribution in [2.75, 3.05) is 4.90 Å². The molecule has 2 amide bonds. The first-order valence-electron chi connectivity index (χ1n) is 9.83. The average Bonchev–Trinajstić information content (AvgIpc) is 2.97. The number of hydrogen-bond donors (Lipinski definition) is 0. The highest BCUT2D eigenvalue weighted by molar-refractivity contribution is 7.89. The second kappa shape index (κ2) is 8.54. The van der Waals surface area contributed by atoms with E-state index in [-0.39, 0.29) is 21.4 Å². The Morgan fingerprint density at radius 2 is 1.71 bits per heavy atom. The summed E-state index contributed by atoms with van der Waals surface area (Å²) in [5.74, 6) is -1.04. The molecule has 0 N–H and O–H groups in total. The summed E-state index contributed by atoms with van der Waals surface area (Å²) in [5.41, 5.74) is 0.427. The maximum absolute atomic E-state index is 13.7. The first kappa shape index (κ1) is 23.7. The molecule has 0 radical (unpaired) electrons. The van der Waals surface area contributed by atoms with Crippen molar-refractivity contribution >= 4 is 50.7 Å². The SMILES string of the molecule is CCC(C)(C)N(C1CC(=O)N(c2ccc(C)cc2)C1=O)S(=O)(=O)c1cc(Cl)ccc1Cl. The Bertz CT molecular complexity index is 1130. The van der Waals surface area contributed by atoms with Gasteiger partial charge >= 0.3 is 0 Å². The van der Waals surface area contributed by atoms with Crippen LogP contribution in [0.3, 0.4) is 0 Å². The number of aryl methyl sites for hydroxylation is 1. The second-order valence-corrected chi connectivity index (χ2v) is 10.8. The Balaban J connectivity index is 2.12. The van der Waals surface area contributed by atoms with Crippen LogP contribution in [-0.4, -0.2) is 36.1 Å². The van der Waals surface area contributed by atoms with Crippen LogP contribution in [0.25, 0.3) is 0 Å². The van der Waals surface area contributed by atoms with Crippen LogP contribution in [-0.2, 0) is 19.6 Å². The summed E-state index contributed by atoms with van der Waals surface area (Å²) >= 11 is 12.2. The summed E-state index contributed by atoms with van der Waals surface area (Å²) < 4.78 is 28.6. The monoisotopic (exact) mass is 482 g/mol. The standard InChI is InChI=1S/C22H24Cl2N2O4S/c1-5-22(3,4)26(31(29,30)19-12-15(23)8-11-17(19)24)18-13-20(27)25(21(18)28)16-9-6-14(2)7-10-16/h6-12,18H,5,13H2,1-4H3. The van der Waals surface area contributed by atoms with Gasteiger partial charge in [-0.25, -0.2) is 13.3 Å². The Morgan fingerprint density at radius 1 is 1.10 bits per heavy atom. The average molecular weight is 483 g/mol. The molecule has 1 atom stereocenters. The summed E-state index contributed by atoms with van der Waals surface area (Å²) in [6.45, 7) is 7.15. The Hall–Kier alpha value is -1.93. The molecule has 0 spiro atoms. The van der Waals surface area contributed by atoms with Crippen LogP contribution in [0.5, 0.6) is 0 Å². The number of hydrogen-bond acceptors (Lipinski definition) is 4. The smallest absolute Gasteiger partial charge is 0.252 e. The van der Waals surface area contributed by atoms with Crippen molar-refractivity contribution < 1.29 is 18.0 Å². The zero-order valence-corrected chi connectivity index (χ0v) is 20.1. The lowest BCUT2D eigenvalue weighted by Crippen LogP contribution is -2.55. The van der Waals surface area contributed by atoms with Gasteiger partial charge < -0.3 is 0 Å². The van der Waals surface area contributed by atoms with Crippen molar-refractivity contribution in [2.24, 2.45) is 0 Å². The first-order chi connectivity index (χ1) is 14.4. The van der Waals surface area contributed by atoms with E-state index in [4.69, 9.17) is 23.2 Å². The summed E-state index contributed by atoms with van der Waals surface area (Å²) in [7, 11) is -4.26. The molecule has 1 aliphatic rings. The Labute approximate surface area is 192 Å². The van der Waals surface area contributed by atoms with Crippen molar-refractivity contribution in [3.8, 4) is 0 Å². The predicted molar refractivity (Wildman–Crippen MR) is 122 cm³/mol. The zero-order valence-electron chi connectivity index (χ0n) is 17.7. The number of imide groups is 1. The number of halogens is 2. The molecule has 2 aromatic rings. The lowest BCUT2D eigenvalue weighted by molar-refractivity contribution is -0.122. The van der Waals surface area contributed by atoms with E-state index in [1.807, 2.05) is 13.8 Å². The van der Waals surface area contributed by atoms with Gasteiger partial charge in [-0.05, 0) is 57.5 Å². The number of carbonyl (C=O) groups is 2. The van der Waals surface area contributed by atoms with E-state index >= 15 is 0 Å². The van der Waals surface area contributed by atoms with Crippen molar-refractivity contribution in [3.63, 3.8) is 0 Å². The molecule has 6 nitrogen and oxygen atoms in total. The van der Waals surface area contributed by atoms with E-state index in [0.29, 0.717) is 12.1 Å². The zero-order chi connectivity index (χ0) is 23.1. The number of sulfonamides is 1. The van der Waals surface area contributed by atoms with Crippen molar-refractivity contribution in [1.29, 1.82) is 0 Å². The quantitative estimate of drug-likeness (QED) is 0.553. The Morgan fingerprint density at radius 3 is 2.29 bits per heavy atom. The van der Waals surface area contributed by atoms with Gasteiger partial charge in [0.25, 0.3) is 5.91 Å². The van der Waals surface area contributed by atoms with Crippen LogP contribution in [0.15, 0.2) is 47.4 Å². The molecule has 0 aromatic heterocycles. The molecule has 9 heteroatoms. The third-order valence-electron chi connectivity index (χ3n) is 5.59. The first-order valence-corrected chi connectivity index (χ1v) is 12.0. The van der Waals surface area contributed by atoms with Gasteiger partial charge in [0.1, 0.15) is 10.9 Å². The fourth-order valence-corrected chi connectivity index (χ4v) is 6.34. The molecule has 1 unspecified atom stereocenters. The highest BCUT2D eigenvalue weighted by Crippen LogP contribution is 2.38. The molecule has 31 heavy (non-hydrogen) atoms. The van der Waals surface area contributed by atoms with Gasteiger partial charge in [-0.2, -0.15) is 4.31 Å². The molecule has 3 rings (SSSR count). The molecular weight excluding hydrogens is 459 g/mol. The minimum atomic E-state index is -4.26. The van der Waals surface area contributed by atoms with Crippen LogP contribution in [0.4, 0.5) is 5.69 Å². The highest BCUT2D eigenvalue weighted by atomic mass is 35.5. The number of benzene rings is 2. The normalized spacial score (nSPS) is 17.6. The molecule has 0 bridgehead atoms. The third kappa shape index (κ3) is 4.37. The van der Waals surface area contributed by atoms with Crippen LogP contribution >= 0.6 is 23.2 Å². The second-order valence-electron chi connectivity index (χ2n) is 8.16. The Kier molecular flexibility index (Phi) is 6.54. The molecule has 1 heterocycles. The largest absolute Gasteiger partial charge is 0.274 e. The summed E-state index contributed by atoms with van der Waals surface area (Å²) in [6.07, 6.45) is 0.153. The number of rotatable bonds is 6. The molecular formula is C22H24Cl2N2O4S. The van der Waals surface area contributed by atoms with Gasteiger partial charge in [0, 0.05) is 10.6 Å². The third-order valence-corrected chi connectivity index (χ3v) is 8.43. The van der Waals surface area contributed by atoms with Crippen LogP contribution in [0.2, 0.25) is 10.0 Å². The number of anilines is 1. The van der Waals surface area contributed by atoms with E-state index in [1.165, 1.54) is 18.2 Å². The molecule has 1 aliphatic heterocycles. The molecule has 0 saturated carbocycles. The van der Waals surface area contributed by atoms with Crippen LogP contribution in [0, 0.1) is 6.92 Å². The molecule has 1 saturated heterocycles. The van der Waals surface area contributed by atoms with Crippen molar-refractivity contribution in [3.05, 3.63) is 58.1 Å². The summed E-state index contributed by atoms with van der Waals surface area (Å²) in [5, 5.41) is 0.195. The minimum Gasteiger partial charge on any atom is -0.274 e. The van der Waals surface area contributed by atoms with Crippen LogP contribution in [0.1, 0.15) is 39.2 Å². The van der Waals surface area contributed by atoms with Gasteiger partial charge in [0.05, 0.1) is 17.1 Å². The van der Waals surface area contributed by atoms with Gasteiger partial charge in [0.2, 0.25) is 15.9 Å². The summed E-state index contributed by atoms with van der Waals surface area (Å²) in [4.78, 5) is 27.1. The van der Waals surface area contributed by atoms with E-state index in [2.05, 4.69) is 0 Å². The number of amides is 2. The minimum absolute atomic E-state index is 0.00605. The molecule has 2 aromatic carbocycles. The highest BCUT2D eigenvalue weighted by Gasteiger charge is 2.51. The van der Waals surface area contributed by atoms with Crippen molar-refractivity contribution in [1.82, 2.24) is 4.31 Å². The van der Waals surface area contributed by atoms with Crippen molar-refractivity contribution in [2.45, 2.75) is 57.0 Å². The van der Waals surface area contributed by atoms with E-state index in [9.17, 15) is 18.0 Å². The fourth-order valence-electron chi connectivity index (χ4n) is 3.62. The lowest BCUT2D eigenvalue weighted by atomic mass is 10.00. The maximum Gasteiger partial charge on any atom is 0.252 e. The lowest BCUT2D eigenvalue weighted by Gasteiger charge is -2.39. The predicted octanol–water partition coefficient (Wildman–Crippen LogP) is 4.81. The number of carbonyl (C=O) groups excluding carboxylic acids is 2. The van der Waals surface area contributed by atoms with E-state index in [1.54, 1.807) is 38.1 Å². The van der Waals surface area contributed by atoms with E-state index in [0.717, 1.165) is 14.8 Å². The maximum atomic E-state index is 13.7. The van der Waals surface area contributed by atoms with Crippen LogP contribution < -0.4 is 4.90 Å². The molecule has 166 valence electrons. The molecule has 1 fully saturated rings. The van der Waals surface area contributed by atoms with Gasteiger partial charge in [-0.3, -0.25) is 9.59 Å². The number of nitrogens with zero attached hydrogens (tertiary/aromatic N) is 2. The topological polar surface area (TPSA) is 74.8 Å². The summed E-state index contributed by atoms with van der Waals surface area (Å²) in [6, 6.07) is 9.88. The fraction of sp³-hybridized carbons (Fsp3) is 0.364. The van der Waals surface area contributed by atoms with Gasteiger partial charge in [0.15, 0.2) is 0 Å². The van der Waals surface area contributed by atoms with Gasteiger partial charge in [-0.1, -0.05) is 47.8 Å². The van der Waals surface area contributed by atoms with Gasteiger partial charge in [-0.15, -0.1) is 0 Å². The van der Waals surface area contributed by atoms with E-state index < -0.39 is 33.4 Å².